The van der Waals surface area contributed by atoms with Crippen molar-refractivity contribution in [1.29, 1.82) is 0 Å². The number of pyridine rings is 1. The lowest BCUT2D eigenvalue weighted by atomic mass is 10.0. The Kier molecular flexibility index (Phi) is 6.29. The van der Waals surface area contributed by atoms with Crippen molar-refractivity contribution in [3.05, 3.63) is 96.6 Å². The Hall–Kier alpha value is -4.04. The minimum Gasteiger partial charge on any atom is -0.497 e. The molecule has 0 aliphatic carbocycles. The first kappa shape index (κ1) is 22.7. The Morgan fingerprint density at radius 3 is 2.34 bits per heavy atom. The average Bonchev–Trinajstić information content (AvgIpc) is 3.52. The SMILES string of the molecule is COc1ccc(OC)c(N2C(=S)N[C@H](c3ccccn3)[C@H]2c2cccn2-c2ccccc2OC)c1. The summed E-state index contributed by atoms with van der Waals surface area (Å²) in [5, 5.41) is 4.08. The Balaban J connectivity index is 1.72. The van der Waals surface area contributed by atoms with Gasteiger partial charge in [-0.25, -0.2) is 0 Å². The summed E-state index contributed by atoms with van der Waals surface area (Å²) in [7, 11) is 4.98. The summed E-state index contributed by atoms with van der Waals surface area (Å²) in [4.78, 5) is 6.74. The quantitative estimate of drug-likeness (QED) is 0.366. The maximum atomic E-state index is 5.90. The zero-order valence-electron chi connectivity index (χ0n) is 19.7. The predicted octanol–water partition coefficient (Wildman–Crippen LogP) is 5.08. The summed E-state index contributed by atoms with van der Waals surface area (Å²) in [5.41, 5.74) is 3.64. The van der Waals surface area contributed by atoms with Gasteiger partial charge in [-0.05, 0) is 60.7 Å². The van der Waals surface area contributed by atoms with Gasteiger partial charge in [-0.15, -0.1) is 0 Å². The molecule has 0 amide bonds. The van der Waals surface area contributed by atoms with Gasteiger partial charge in [0.2, 0.25) is 0 Å². The van der Waals surface area contributed by atoms with Crippen molar-refractivity contribution >= 4 is 23.0 Å². The van der Waals surface area contributed by atoms with Crippen LogP contribution in [-0.4, -0.2) is 36.0 Å². The van der Waals surface area contributed by atoms with Gasteiger partial charge in [0.05, 0.1) is 44.4 Å². The number of para-hydroxylation sites is 2. The van der Waals surface area contributed by atoms with E-state index in [0.29, 0.717) is 16.6 Å². The number of nitrogens with zero attached hydrogens (tertiary/aromatic N) is 3. The summed E-state index contributed by atoms with van der Waals surface area (Å²) in [6.45, 7) is 0. The minimum absolute atomic E-state index is 0.206. The summed E-state index contributed by atoms with van der Waals surface area (Å²) in [6.07, 6.45) is 3.83. The molecule has 178 valence electrons. The number of anilines is 1. The van der Waals surface area contributed by atoms with E-state index in [2.05, 4.69) is 25.8 Å². The molecule has 1 aliphatic heterocycles. The van der Waals surface area contributed by atoms with Crippen molar-refractivity contribution in [3.63, 3.8) is 0 Å². The van der Waals surface area contributed by atoms with E-state index in [9.17, 15) is 0 Å². The standard InChI is InChI=1S/C27H26N4O3S/c1-32-18-13-14-24(34-3)22(17-18)31-26(25(29-27(31)35)19-9-6-7-15-28-19)21-11-8-16-30(21)20-10-4-5-12-23(20)33-2/h4-17,25-26H,1-3H3,(H,29,35)/t25-,26-/m1/s1. The molecule has 0 bridgehead atoms. The molecular formula is C27H26N4O3S. The second kappa shape index (κ2) is 9.68. The minimum atomic E-state index is -0.238. The van der Waals surface area contributed by atoms with Crippen LogP contribution >= 0.6 is 12.2 Å². The number of ether oxygens (including phenoxy) is 3. The highest BCUT2D eigenvalue weighted by atomic mass is 32.1. The molecule has 8 heteroatoms. The lowest BCUT2D eigenvalue weighted by molar-refractivity contribution is 0.402. The number of nitrogens with one attached hydrogen (secondary N) is 1. The Morgan fingerprint density at radius 2 is 1.60 bits per heavy atom. The first-order valence-electron chi connectivity index (χ1n) is 11.2. The van der Waals surface area contributed by atoms with Gasteiger partial charge in [0.1, 0.15) is 23.3 Å². The van der Waals surface area contributed by atoms with Crippen molar-refractivity contribution in [1.82, 2.24) is 14.9 Å². The number of hydrogen-bond donors (Lipinski definition) is 1. The fourth-order valence-electron chi connectivity index (χ4n) is 4.58. The molecule has 35 heavy (non-hydrogen) atoms. The Morgan fingerprint density at radius 1 is 0.829 bits per heavy atom. The summed E-state index contributed by atoms with van der Waals surface area (Å²) in [6, 6.07) is 23.2. The normalized spacial score (nSPS) is 17.2. The topological polar surface area (TPSA) is 60.8 Å². The van der Waals surface area contributed by atoms with E-state index < -0.39 is 0 Å². The maximum absolute atomic E-state index is 5.90. The Bertz CT molecular complexity index is 1340. The lowest BCUT2D eigenvalue weighted by Crippen LogP contribution is -2.30. The third kappa shape index (κ3) is 4.06. The lowest BCUT2D eigenvalue weighted by Gasteiger charge is -2.30. The van der Waals surface area contributed by atoms with E-state index in [0.717, 1.165) is 28.5 Å². The van der Waals surface area contributed by atoms with E-state index in [-0.39, 0.29) is 12.1 Å². The van der Waals surface area contributed by atoms with Crippen LogP contribution in [0.15, 0.2) is 85.2 Å². The van der Waals surface area contributed by atoms with Crippen LogP contribution in [0.3, 0.4) is 0 Å². The molecule has 4 aromatic rings. The highest BCUT2D eigenvalue weighted by Crippen LogP contribution is 2.46. The molecule has 1 saturated heterocycles. The van der Waals surface area contributed by atoms with E-state index in [1.165, 1.54) is 0 Å². The van der Waals surface area contributed by atoms with Crippen LogP contribution in [0.25, 0.3) is 5.69 Å². The second-order valence-electron chi connectivity index (χ2n) is 8.01. The number of aromatic nitrogens is 2. The molecule has 1 aliphatic rings. The fraction of sp³-hybridized carbons (Fsp3) is 0.185. The smallest absolute Gasteiger partial charge is 0.174 e. The molecule has 2 aromatic carbocycles. The number of rotatable bonds is 7. The van der Waals surface area contributed by atoms with Gasteiger partial charge in [0.25, 0.3) is 0 Å². The summed E-state index contributed by atoms with van der Waals surface area (Å²) >= 11 is 5.90. The van der Waals surface area contributed by atoms with Crippen LogP contribution in [-0.2, 0) is 0 Å². The van der Waals surface area contributed by atoms with Gasteiger partial charge in [0, 0.05) is 24.2 Å². The highest BCUT2D eigenvalue weighted by molar-refractivity contribution is 7.80. The van der Waals surface area contributed by atoms with Crippen LogP contribution in [0.4, 0.5) is 5.69 Å². The van der Waals surface area contributed by atoms with Gasteiger partial charge in [0.15, 0.2) is 5.11 Å². The van der Waals surface area contributed by atoms with Crippen LogP contribution in [0.1, 0.15) is 23.5 Å². The average molecular weight is 487 g/mol. The molecule has 0 radical (unpaired) electrons. The monoisotopic (exact) mass is 486 g/mol. The fourth-order valence-corrected chi connectivity index (χ4v) is 4.92. The zero-order valence-corrected chi connectivity index (χ0v) is 20.5. The van der Waals surface area contributed by atoms with E-state index in [1.807, 2.05) is 72.9 Å². The molecule has 3 heterocycles. The number of benzene rings is 2. The number of hydrogen-bond acceptors (Lipinski definition) is 5. The van der Waals surface area contributed by atoms with Crippen molar-refractivity contribution in [2.75, 3.05) is 26.2 Å². The predicted molar refractivity (Wildman–Crippen MR) is 140 cm³/mol. The van der Waals surface area contributed by atoms with E-state index in [4.69, 9.17) is 26.4 Å². The third-order valence-corrected chi connectivity index (χ3v) is 6.49. The highest BCUT2D eigenvalue weighted by Gasteiger charge is 2.43. The second-order valence-corrected chi connectivity index (χ2v) is 8.40. The summed E-state index contributed by atoms with van der Waals surface area (Å²) < 4.78 is 19.1. The van der Waals surface area contributed by atoms with Crippen LogP contribution in [0.5, 0.6) is 17.2 Å². The first-order chi connectivity index (χ1) is 17.2. The van der Waals surface area contributed by atoms with Crippen LogP contribution in [0, 0.1) is 0 Å². The van der Waals surface area contributed by atoms with Crippen molar-refractivity contribution in [2.24, 2.45) is 0 Å². The van der Waals surface area contributed by atoms with Crippen LogP contribution < -0.4 is 24.4 Å². The summed E-state index contributed by atoms with van der Waals surface area (Å²) in [5.74, 6) is 2.18. The molecule has 0 unspecified atom stereocenters. The number of methoxy groups -OCH3 is 3. The first-order valence-corrected chi connectivity index (χ1v) is 11.6. The van der Waals surface area contributed by atoms with Crippen molar-refractivity contribution in [3.8, 4) is 22.9 Å². The molecule has 5 rings (SSSR count). The molecule has 2 aromatic heterocycles. The van der Waals surface area contributed by atoms with Gasteiger partial charge in [-0.3, -0.25) is 4.98 Å². The molecule has 1 fully saturated rings. The van der Waals surface area contributed by atoms with Crippen molar-refractivity contribution in [2.45, 2.75) is 12.1 Å². The molecular weight excluding hydrogens is 460 g/mol. The van der Waals surface area contributed by atoms with Crippen LogP contribution in [0.2, 0.25) is 0 Å². The zero-order chi connectivity index (χ0) is 24.4. The third-order valence-electron chi connectivity index (χ3n) is 6.17. The molecule has 0 saturated carbocycles. The van der Waals surface area contributed by atoms with E-state index in [1.54, 1.807) is 27.5 Å². The number of thiocarbonyl (C=S) groups is 1. The largest absolute Gasteiger partial charge is 0.497 e. The van der Waals surface area contributed by atoms with Gasteiger partial charge < -0.3 is 29.0 Å². The maximum Gasteiger partial charge on any atom is 0.174 e. The molecule has 0 spiro atoms. The van der Waals surface area contributed by atoms with Gasteiger partial charge in [-0.1, -0.05) is 18.2 Å². The molecule has 1 N–H and O–H groups in total. The van der Waals surface area contributed by atoms with Gasteiger partial charge >= 0.3 is 0 Å². The van der Waals surface area contributed by atoms with Gasteiger partial charge in [-0.2, -0.15) is 0 Å². The molecule has 2 atom stereocenters. The Labute approximate surface area is 209 Å². The van der Waals surface area contributed by atoms with E-state index >= 15 is 0 Å². The van der Waals surface area contributed by atoms with Crippen molar-refractivity contribution < 1.29 is 14.2 Å². The molecule has 7 nitrogen and oxygen atoms in total.